The molecule has 1 amide bonds. The first kappa shape index (κ1) is 22.2. The van der Waals surface area contributed by atoms with Gasteiger partial charge in [0.15, 0.2) is 0 Å². The lowest BCUT2D eigenvalue weighted by molar-refractivity contribution is 0.0954. The molecular formula is C26H29NO4. The average molecular weight is 420 g/mol. The van der Waals surface area contributed by atoms with Crippen LogP contribution in [0.5, 0.6) is 17.2 Å². The number of para-hydroxylation sites is 1. The van der Waals surface area contributed by atoms with Crippen LogP contribution in [0.4, 0.5) is 0 Å². The predicted molar refractivity (Wildman–Crippen MR) is 122 cm³/mol. The van der Waals surface area contributed by atoms with Gasteiger partial charge in [0.1, 0.15) is 23.9 Å². The van der Waals surface area contributed by atoms with E-state index in [-0.39, 0.29) is 5.91 Å². The topological polar surface area (TPSA) is 56.8 Å². The molecule has 31 heavy (non-hydrogen) atoms. The number of benzene rings is 3. The van der Waals surface area contributed by atoms with Crippen molar-refractivity contribution < 1.29 is 19.0 Å². The van der Waals surface area contributed by atoms with Crippen LogP contribution in [-0.2, 0) is 13.0 Å². The molecule has 0 aliphatic carbocycles. The zero-order valence-corrected chi connectivity index (χ0v) is 18.3. The van der Waals surface area contributed by atoms with Crippen molar-refractivity contribution in [2.24, 2.45) is 0 Å². The van der Waals surface area contributed by atoms with E-state index in [1.54, 1.807) is 13.2 Å². The molecule has 3 aromatic carbocycles. The predicted octanol–water partition coefficient (Wildman–Crippen LogP) is 4.95. The Morgan fingerprint density at radius 3 is 2.42 bits per heavy atom. The fraction of sp³-hybridized carbons (Fsp3) is 0.269. The van der Waals surface area contributed by atoms with Crippen molar-refractivity contribution in [1.82, 2.24) is 5.32 Å². The van der Waals surface area contributed by atoms with E-state index in [0.29, 0.717) is 25.3 Å². The molecular weight excluding hydrogens is 390 g/mol. The Bertz CT molecular complexity index is 999. The van der Waals surface area contributed by atoms with Gasteiger partial charge in [-0.1, -0.05) is 30.3 Å². The maximum absolute atomic E-state index is 12.7. The summed E-state index contributed by atoms with van der Waals surface area (Å²) >= 11 is 0. The van der Waals surface area contributed by atoms with Crippen molar-refractivity contribution in [3.05, 3.63) is 89.0 Å². The van der Waals surface area contributed by atoms with E-state index < -0.39 is 0 Å². The Balaban J connectivity index is 1.63. The molecule has 0 aliphatic rings. The van der Waals surface area contributed by atoms with Crippen LogP contribution in [0.3, 0.4) is 0 Å². The molecule has 0 saturated heterocycles. The van der Waals surface area contributed by atoms with Gasteiger partial charge in [-0.15, -0.1) is 0 Å². The lowest BCUT2D eigenvalue weighted by Gasteiger charge is -2.14. The molecule has 0 radical (unpaired) electrons. The number of aryl methyl sites for hydroxylation is 1. The van der Waals surface area contributed by atoms with E-state index in [1.165, 1.54) is 0 Å². The third-order valence-electron chi connectivity index (χ3n) is 4.96. The second-order valence-electron chi connectivity index (χ2n) is 7.16. The third kappa shape index (κ3) is 6.25. The smallest absolute Gasteiger partial charge is 0.251 e. The first-order valence-corrected chi connectivity index (χ1v) is 10.5. The lowest BCUT2D eigenvalue weighted by atomic mass is 10.1. The fourth-order valence-electron chi connectivity index (χ4n) is 3.22. The lowest BCUT2D eigenvalue weighted by Crippen LogP contribution is -2.25. The Kier molecular flexibility index (Phi) is 7.93. The van der Waals surface area contributed by atoms with Crippen molar-refractivity contribution in [1.29, 1.82) is 0 Å². The Morgan fingerprint density at radius 2 is 1.71 bits per heavy atom. The minimum atomic E-state index is -0.117. The molecule has 0 fully saturated rings. The van der Waals surface area contributed by atoms with Gasteiger partial charge in [-0.25, -0.2) is 0 Å². The maximum atomic E-state index is 12.7. The number of rotatable bonds is 10. The van der Waals surface area contributed by atoms with Crippen molar-refractivity contribution in [3.63, 3.8) is 0 Å². The van der Waals surface area contributed by atoms with Crippen LogP contribution in [0, 0.1) is 6.92 Å². The highest BCUT2D eigenvalue weighted by Crippen LogP contribution is 2.24. The van der Waals surface area contributed by atoms with Gasteiger partial charge in [0.25, 0.3) is 5.91 Å². The molecule has 3 aromatic rings. The standard InChI is InChI=1S/C26H29NO4/c1-4-30-25-14-11-21(17-22(25)18-31-24-8-6-5-7-19(24)2)26(28)27-16-15-20-9-12-23(29-3)13-10-20/h5-14,17H,4,15-16,18H2,1-3H3,(H,27,28). The first-order chi connectivity index (χ1) is 15.1. The van der Waals surface area contributed by atoms with Crippen LogP contribution < -0.4 is 19.5 Å². The fourth-order valence-corrected chi connectivity index (χ4v) is 3.22. The summed E-state index contributed by atoms with van der Waals surface area (Å²) < 4.78 is 16.9. The summed E-state index contributed by atoms with van der Waals surface area (Å²) in [6, 6.07) is 21.2. The number of carbonyl (C=O) groups is 1. The number of nitrogens with one attached hydrogen (secondary N) is 1. The molecule has 1 N–H and O–H groups in total. The van der Waals surface area contributed by atoms with Gasteiger partial charge in [-0.2, -0.15) is 0 Å². The van der Waals surface area contributed by atoms with Crippen LogP contribution in [0.1, 0.15) is 34.0 Å². The van der Waals surface area contributed by atoms with E-state index in [0.717, 1.165) is 40.4 Å². The number of hydrogen-bond donors (Lipinski definition) is 1. The number of carbonyl (C=O) groups excluding carboxylic acids is 1. The number of methoxy groups -OCH3 is 1. The zero-order valence-electron chi connectivity index (χ0n) is 18.3. The van der Waals surface area contributed by atoms with Crippen LogP contribution in [0.25, 0.3) is 0 Å². The average Bonchev–Trinajstić information content (AvgIpc) is 2.80. The summed E-state index contributed by atoms with van der Waals surface area (Å²) in [5.74, 6) is 2.25. The molecule has 0 aromatic heterocycles. The summed E-state index contributed by atoms with van der Waals surface area (Å²) in [6.45, 7) is 5.36. The highest BCUT2D eigenvalue weighted by molar-refractivity contribution is 5.94. The molecule has 0 aliphatic heterocycles. The zero-order chi connectivity index (χ0) is 22.1. The summed E-state index contributed by atoms with van der Waals surface area (Å²) in [4.78, 5) is 12.7. The van der Waals surface area contributed by atoms with Crippen molar-refractivity contribution in [2.75, 3.05) is 20.3 Å². The van der Waals surface area contributed by atoms with Crippen LogP contribution in [-0.4, -0.2) is 26.2 Å². The minimum absolute atomic E-state index is 0.117. The van der Waals surface area contributed by atoms with E-state index in [1.807, 2.05) is 74.5 Å². The molecule has 5 nitrogen and oxygen atoms in total. The highest BCUT2D eigenvalue weighted by atomic mass is 16.5. The van der Waals surface area contributed by atoms with E-state index in [9.17, 15) is 4.79 Å². The van der Waals surface area contributed by atoms with Gasteiger partial charge in [0.05, 0.1) is 13.7 Å². The maximum Gasteiger partial charge on any atom is 0.251 e. The number of hydrogen-bond acceptors (Lipinski definition) is 4. The SMILES string of the molecule is CCOc1ccc(C(=O)NCCc2ccc(OC)cc2)cc1COc1ccccc1C. The molecule has 0 bridgehead atoms. The molecule has 3 rings (SSSR count). The second-order valence-corrected chi connectivity index (χ2v) is 7.16. The van der Waals surface area contributed by atoms with Crippen LogP contribution >= 0.6 is 0 Å². The Hall–Kier alpha value is -3.47. The van der Waals surface area contributed by atoms with E-state index in [2.05, 4.69) is 5.32 Å². The van der Waals surface area contributed by atoms with Gasteiger partial charge in [-0.3, -0.25) is 4.79 Å². The summed E-state index contributed by atoms with van der Waals surface area (Å²) in [5.41, 5.74) is 3.63. The third-order valence-corrected chi connectivity index (χ3v) is 4.96. The van der Waals surface area contributed by atoms with Crippen molar-refractivity contribution in [3.8, 4) is 17.2 Å². The van der Waals surface area contributed by atoms with Gasteiger partial charge >= 0.3 is 0 Å². The largest absolute Gasteiger partial charge is 0.497 e. The van der Waals surface area contributed by atoms with Gasteiger partial charge in [0, 0.05) is 17.7 Å². The quantitative estimate of drug-likeness (QED) is 0.505. The molecule has 0 saturated carbocycles. The minimum Gasteiger partial charge on any atom is -0.497 e. The van der Waals surface area contributed by atoms with Crippen molar-refractivity contribution in [2.45, 2.75) is 26.9 Å². The van der Waals surface area contributed by atoms with Gasteiger partial charge in [0.2, 0.25) is 0 Å². The van der Waals surface area contributed by atoms with E-state index in [4.69, 9.17) is 14.2 Å². The molecule has 162 valence electrons. The number of ether oxygens (including phenoxy) is 3. The van der Waals surface area contributed by atoms with Crippen LogP contribution in [0.2, 0.25) is 0 Å². The van der Waals surface area contributed by atoms with Crippen LogP contribution in [0.15, 0.2) is 66.7 Å². The molecule has 0 spiro atoms. The molecule has 0 atom stereocenters. The summed E-state index contributed by atoms with van der Waals surface area (Å²) in [6.07, 6.45) is 0.746. The second kappa shape index (κ2) is 11.1. The Morgan fingerprint density at radius 1 is 0.935 bits per heavy atom. The number of amides is 1. The summed E-state index contributed by atoms with van der Waals surface area (Å²) in [5, 5.41) is 2.99. The van der Waals surface area contributed by atoms with Gasteiger partial charge in [-0.05, 0) is 67.8 Å². The monoisotopic (exact) mass is 419 g/mol. The Labute approximate surface area is 184 Å². The van der Waals surface area contributed by atoms with E-state index >= 15 is 0 Å². The molecule has 0 heterocycles. The molecule has 0 unspecified atom stereocenters. The summed E-state index contributed by atoms with van der Waals surface area (Å²) in [7, 11) is 1.65. The van der Waals surface area contributed by atoms with Gasteiger partial charge < -0.3 is 19.5 Å². The highest BCUT2D eigenvalue weighted by Gasteiger charge is 2.12. The molecule has 5 heteroatoms. The van der Waals surface area contributed by atoms with Crippen molar-refractivity contribution >= 4 is 5.91 Å². The first-order valence-electron chi connectivity index (χ1n) is 10.5. The normalized spacial score (nSPS) is 10.4.